The summed E-state index contributed by atoms with van der Waals surface area (Å²) in [4.78, 5) is 6.23. The van der Waals surface area contributed by atoms with Gasteiger partial charge in [-0.25, -0.2) is 17.8 Å². The highest BCUT2D eigenvalue weighted by atomic mass is 32.2. The van der Waals surface area contributed by atoms with Crippen LogP contribution in [0.15, 0.2) is 40.6 Å². The van der Waals surface area contributed by atoms with Crippen molar-refractivity contribution in [1.29, 1.82) is 0 Å². The third-order valence-electron chi connectivity index (χ3n) is 3.36. The van der Waals surface area contributed by atoms with E-state index in [1.54, 1.807) is 24.3 Å². The van der Waals surface area contributed by atoms with E-state index in [-0.39, 0.29) is 4.90 Å². The Kier molecular flexibility index (Phi) is 4.71. The molecule has 0 atom stereocenters. The van der Waals surface area contributed by atoms with Crippen LogP contribution in [-0.4, -0.2) is 13.4 Å². The summed E-state index contributed by atoms with van der Waals surface area (Å²) in [6.07, 6.45) is 0.853. The maximum atomic E-state index is 12.9. The van der Waals surface area contributed by atoms with Gasteiger partial charge >= 0.3 is 0 Å². The SMILES string of the molecule is CCc1nc(-c2cc(S(=O)(=O)Nc3ccc(F)cc3)c(C)s2)cs1. The van der Waals surface area contributed by atoms with Crippen molar-refractivity contribution in [2.75, 3.05) is 4.72 Å². The molecular weight excluding hydrogens is 367 g/mol. The zero-order valence-electron chi connectivity index (χ0n) is 13.0. The van der Waals surface area contributed by atoms with Gasteiger partial charge in [-0.05, 0) is 43.7 Å². The van der Waals surface area contributed by atoms with Crippen molar-refractivity contribution in [3.8, 4) is 10.6 Å². The van der Waals surface area contributed by atoms with Gasteiger partial charge in [0, 0.05) is 15.9 Å². The van der Waals surface area contributed by atoms with Gasteiger partial charge in [-0.15, -0.1) is 22.7 Å². The van der Waals surface area contributed by atoms with Crippen LogP contribution in [-0.2, 0) is 16.4 Å². The van der Waals surface area contributed by atoms with Crippen LogP contribution in [0.1, 0.15) is 16.8 Å². The van der Waals surface area contributed by atoms with Crippen LogP contribution in [0.2, 0.25) is 0 Å². The predicted octanol–water partition coefficient (Wildman–Crippen LogP) is 4.68. The minimum Gasteiger partial charge on any atom is -0.280 e. The minimum atomic E-state index is -3.73. The highest BCUT2D eigenvalue weighted by Crippen LogP contribution is 2.34. The van der Waals surface area contributed by atoms with Crippen LogP contribution < -0.4 is 4.72 Å². The van der Waals surface area contributed by atoms with Crippen LogP contribution in [0.4, 0.5) is 10.1 Å². The molecule has 8 heteroatoms. The third kappa shape index (κ3) is 3.50. The minimum absolute atomic E-state index is 0.220. The number of aromatic nitrogens is 1. The fraction of sp³-hybridized carbons (Fsp3) is 0.188. The fourth-order valence-corrected chi connectivity index (χ4v) is 5.60. The zero-order chi connectivity index (χ0) is 17.3. The number of nitrogens with one attached hydrogen (secondary N) is 1. The molecule has 24 heavy (non-hydrogen) atoms. The summed E-state index contributed by atoms with van der Waals surface area (Å²) in [6, 6.07) is 6.85. The van der Waals surface area contributed by atoms with E-state index in [0.29, 0.717) is 10.6 Å². The smallest absolute Gasteiger partial charge is 0.263 e. The molecule has 2 heterocycles. The number of halogens is 1. The van der Waals surface area contributed by atoms with Crippen LogP contribution in [0.25, 0.3) is 10.6 Å². The predicted molar refractivity (Wildman–Crippen MR) is 96.8 cm³/mol. The number of aryl methyl sites for hydroxylation is 2. The normalized spacial score (nSPS) is 11.6. The van der Waals surface area contributed by atoms with Crippen LogP contribution in [0.5, 0.6) is 0 Å². The van der Waals surface area contributed by atoms with Gasteiger partial charge in [-0.1, -0.05) is 6.92 Å². The van der Waals surface area contributed by atoms with Gasteiger partial charge in [0.2, 0.25) is 0 Å². The second-order valence-corrected chi connectivity index (χ2v) is 8.97. The Labute approximate surface area is 148 Å². The average Bonchev–Trinajstić information content (AvgIpc) is 3.16. The van der Waals surface area contributed by atoms with Crippen molar-refractivity contribution in [3.63, 3.8) is 0 Å². The second-order valence-electron chi connectivity index (χ2n) is 5.12. The Morgan fingerprint density at radius 3 is 2.58 bits per heavy atom. The number of anilines is 1. The van der Waals surface area contributed by atoms with Gasteiger partial charge in [0.05, 0.1) is 15.6 Å². The number of thiazole rings is 1. The summed E-state index contributed by atoms with van der Waals surface area (Å²) in [6.45, 7) is 3.80. The van der Waals surface area contributed by atoms with Crippen molar-refractivity contribution in [2.45, 2.75) is 25.2 Å². The Morgan fingerprint density at radius 2 is 1.96 bits per heavy atom. The van der Waals surface area contributed by atoms with Crippen LogP contribution in [0.3, 0.4) is 0 Å². The summed E-state index contributed by atoms with van der Waals surface area (Å²) in [5, 5.41) is 2.96. The Morgan fingerprint density at radius 1 is 1.25 bits per heavy atom. The monoisotopic (exact) mass is 382 g/mol. The van der Waals surface area contributed by atoms with E-state index in [9.17, 15) is 12.8 Å². The fourth-order valence-electron chi connectivity index (χ4n) is 2.17. The van der Waals surface area contributed by atoms with Crippen LogP contribution in [0, 0.1) is 12.7 Å². The molecule has 0 unspecified atom stereocenters. The van der Waals surface area contributed by atoms with Crippen molar-refractivity contribution in [1.82, 2.24) is 4.98 Å². The Bertz CT molecular complexity index is 960. The largest absolute Gasteiger partial charge is 0.280 e. The van der Waals surface area contributed by atoms with Crippen molar-refractivity contribution < 1.29 is 12.8 Å². The number of sulfonamides is 1. The van der Waals surface area contributed by atoms with Gasteiger partial charge in [-0.2, -0.15) is 0 Å². The second kappa shape index (κ2) is 6.62. The van der Waals surface area contributed by atoms with Crippen molar-refractivity contribution in [3.05, 3.63) is 51.4 Å². The molecule has 3 rings (SSSR count). The highest BCUT2D eigenvalue weighted by molar-refractivity contribution is 7.93. The Hall–Kier alpha value is -1.77. The number of benzene rings is 1. The number of hydrogen-bond acceptors (Lipinski definition) is 5. The molecule has 3 aromatic rings. The van der Waals surface area contributed by atoms with Crippen molar-refractivity contribution >= 4 is 38.4 Å². The van der Waals surface area contributed by atoms with Crippen molar-refractivity contribution in [2.24, 2.45) is 0 Å². The molecule has 0 amide bonds. The molecular formula is C16H15FN2O2S3. The molecule has 0 spiro atoms. The molecule has 1 N–H and O–H groups in total. The maximum absolute atomic E-state index is 12.9. The van der Waals surface area contributed by atoms with E-state index in [1.165, 1.54) is 35.6 Å². The molecule has 0 saturated heterocycles. The zero-order valence-corrected chi connectivity index (χ0v) is 15.5. The maximum Gasteiger partial charge on any atom is 0.263 e. The average molecular weight is 383 g/mol. The topological polar surface area (TPSA) is 59.1 Å². The molecule has 0 fully saturated rings. The standard InChI is InChI=1S/C16H15FN2O2S3/c1-3-16-18-13(9-22-16)14-8-15(10(2)23-14)24(20,21)19-12-6-4-11(17)5-7-12/h4-9,19H,3H2,1-2H3. The summed E-state index contributed by atoms with van der Waals surface area (Å²) >= 11 is 2.96. The molecule has 0 aliphatic carbocycles. The molecule has 1 aromatic carbocycles. The summed E-state index contributed by atoms with van der Waals surface area (Å²) in [5.41, 5.74) is 1.12. The highest BCUT2D eigenvalue weighted by Gasteiger charge is 2.21. The van der Waals surface area contributed by atoms with Gasteiger partial charge in [0.1, 0.15) is 10.7 Å². The van der Waals surface area contributed by atoms with E-state index in [0.717, 1.165) is 22.0 Å². The first kappa shape index (κ1) is 17.1. The van der Waals surface area contributed by atoms with E-state index in [4.69, 9.17) is 0 Å². The molecule has 4 nitrogen and oxygen atoms in total. The molecule has 126 valence electrons. The van der Waals surface area contributed by atoms with Gasteiger partial charge in [-0.3, -0.25) is 4.72 Å². The van der Waals surface area contributed by atoms with Crippen LogP contribution >= 0.6 is 22.7 Å². The first-order valence-electron chi connectivity index (χ1n) is 7.22. The number of rotatable bonds is 5. The lowest BCUT2D eigenvalue weighted by atomic mass is 10.3. The van der Waals surface area contributed by atoms with E-state index >= 15 is 0 Å². The Balaban J connectivity index is 1.92. The van der Waals surface area contributed by atoms with E-state index in [1.807, 2.05) is 12.3 Å². The lowest BCUT2D eigenvalue weighted by Crippen LogP contribution is -2.13. The quantitative estimate of drug-likeness (QED) is 0.697. The lowest BCUT2D eigenvalue weighted by molar-refractivity contribution is 0.601. The lowest BCUT2D eigenvalue weighted by Gasteiger charge is -2.07. The number of thiophene rings is 1. The molecule has 0 saturated carbocycles. The number of hydrogen-bond donors (Lipinski definition) is 1. The summed E-state index contributed by atoms with van der Waals surface area (Å²) in [5.74, 6) is -0.415. The first-order chi connectivity index (χ1) is 11.4. The summed E-state index contributed by atoms with van der Waals surface area (Å²) in [7, 11) is -3.73. The summed E-state index contributed by atoms with van der Waals surface area (Å²) < 4.78 is 40.6. The first-order valence-corrected chi connectivity index (χ1v) is 10.4. The molecule has 0 aliphatic rings. The molecule has 0 bridgehead atoms. The third-order valence-corrected chi connectivity index (χ3v) is 7.07. The van der Waals surface area contributed by atoms with E-state index in [2.05, 4.69) is 9.71 Å². The van der Waals surface area contributed by atoms with Gasteiger partial charge < -0.3 is 0 Å². The van der Waals surface area contributed by atoms with E-state index < -0.39 is 15.8 Å². The molecule has 2 aromatic heterocycles. The van der Waals surface area contributed by atoms with Gasteiger partial charge in [0.25, 0.3) is 10.0 Å². The van der Waals surface area contributed by atoms with Gasteiger partial charge in [0.15, 0.2) is 0 Å². The molecule has 0 aliphatic heterocycles. The molecule has 0 radical (unpaired) electrons. The number of nitrogens with zero attached hydrogens (tertiary/aromatic N) is 1.